The van der Waals surface area contributed by atoms with Crippen molar-refractivity contribution in [2.45, 2.75) is 66.7 Å². The normalized spacial score (nSPS) is 15.0. The number of benzene rings is 5. The maximum Gasteiger partial charge on any atom is 0.0464 e. The predicted octanol–water partition coefficient (Wildman–Crippen LogP) is 12.6. The zero-order chi connectivity index (χ0) is 32.2. The molecule has 232 valence electrons. The van der Waals surface area contributed by atoms with E-state index in [1.165, 1.54) is 72.7 Å². The SMILES string of the molecule is Cc1cccc([C@@H](CCc2ccc(-c3ccc(N(c4cccc(C)c4)c4cccc(C)c4)cc3C)c(C)c2)C2=CC(C)CC=C2)c1. The minimum absolute atomic E-state index is 0.415. The molecule has 46 heavy (non-hydrogen) atoms. The maximum atomic E-state index is 2.49. The van der Waals surface area contributed by atoms with Crippen LogP contribution in [0.5, 0.6) is 0 Å². The first-order valence-corrected chi connectivity index (χ1v) is 16.8. The van der Waals surface area contributed by atoms with Crippen LogP contribution in [0.25, 0.3) is 11.1 Å². The topological polar surface area (TPSA) is 3.24 Å². The quantitative estimate of drug-likeness (QED) is 0.162. The fourth-order valence-corrected chi connectivity index (χ4v) is 7.08. The van der Waals surface area contributed by atoms with E-state index in [1.54, 1.807) is 0 Å². The monoisotopic (exact) mass is 601 g/mol. The summed E-state index contributed by atoms with van der Waals surface area (Å²) in [7, 11) is 0. The van der Waals surface area contributed by atoms with Gasteiger partial charge in [-0.2, -0.15) is 0 Å². The van der Waals surface area contributed by atoms with Crippen molar-refractivity contribution in [1.82, 2.24) is 0 Å². The Morgan fingerprint density at radius 1 is 0.630 bits per heavy atom. The highest BCUT2D eigenvalue weighted by atomic mass is 15.1. The molecular weight excluding hydrogens is 555 g/mol. The second-order valence-electron chi connectivity index (χ2n) is 13.4. The Labute approximate surface area is 277 Å². The van der Waals surface area contributed by atoms with Crippen molar-refractivity contribution in [3.05, 3.63) is 172 Å². The Kier molecular flexibility index (Phi) is 9.41. The summed E-state index contributed by atoms with van der Waals surface area (Å²) in [5.41, 5.74) is 16.9. The largest absolute Gasteiger partial charge is 0.310 e. The Morgan fingerprint density at radius 2 is 1.22 bits per heavy atom. The summed E-state index contributed by atoms with van der Waals surface area (Å²) in [5.74, 6) is 1.02. The van der Waals surface area contributed by atoms with Crippen LogP contribution in [-0.4, -0.2) is 0 Å². The van der Waals surface area contributed by atoms with Crippen molar-refractivity contribution in [1.29, 1.82) is 0 Å². The van der Waals surface area contributed by atoms with Gasteiger partial charge in [-0.05, 0) is 146 Å². The minimum Gasteiger partial charge on any atom is -0.310 e. The van der Waals surface area contributed by atoms with Crippen LogP contribution in [0.15, 0.2) is 133 Å². The van der Waals surface area contributed by atoms with Gasteiger partial charge in [-0.15, -0.1) is 0 Å². The average Bonchev–Trinajstić information content (AvgIpc) is 3.02. The second-order valence-corrected chi connectivity index (χ2v) is 13.4. The van der Waals surface area contributed by atoms with Gasteiger partial charge in [0.2, 0.25) is 0 Å². The number of nitrogens with zero attached hydrogens (tertiary/aromatic N) is 1. The van der Waals surface area contributed by atoms with Gasteiger partial charge in [-0.1, -0.05) is 104 Å². The van der Waals surface area contributed by atoms with Crippen molar-refractivity contribution in [3.63, 3.8) is 0 Å². The minimum atomic E-state index is 0.415. The van der Waals surface area contributed by atoms with Crippen LogP contribution < -0.4 is 4.90 Å². The summed E-state index contributed by atoms with van der Waals surface area (Å²) < 4.78 is 0. The van der Waals surface area contributed by atoms with E-state index in [4.69, 9.17) is 0 Å². The molecule has 1 aliphatic carbocycles. The highest BCUT2D eigenvalue weighted by molar-refractivity contribution is 5.80. The summed E-state index contributed by atoms with van der Waals surface area (Å²) in [6.07, 6.45) is 10.5. The van der Waals surface area contributed by atoms with Gasteiger partial charge in [0.15, 0.2) is 0 Å². The third-order valence-corrected chi connectivity index (χ3v) is 9.43. The molecule has 1 heteroatoms. The third-order valence-electron chi connectivity index (χ3n) is 9.43. The average molecular weight is 602 g/mol. The van der Waals surface area contributed by atoms with Gasteiger partial charge < -0.3 is 4.90 Å². The van der Waals surface area contributed by atoms with E-state index in [0.717, 1.165) is 19.3 Å². The molecule has 0 heterocycles. The van der Waals surface area contributed by atoms with Crippen molar-refractivity contribution in [3.8, 4) is 11.1 Å². The molecule has 5 aromatic carbocycles. The van der Waals surface area contributed by atoms with Crippen LogP contribution in [0, 0.1) is 40.5 Å². The molecule has 1 unspecified atom stereocenters. The zero-order valence-electron chi connectivity index (χ0n) is 28.3. The maximum absolute atomic E-state index is 2.49. The Morgan fingerprint density at radius 3 is 1.80 bits per heavy atom. The number of anilines is 3. The van der Waals surface area contributed by atoms with Gasteiger partial charge in [0.25, 0.3) is 0 Å². The Balaban J connectivity index is 1.27. The molecule has 6 rings (SSSR count). The van der Waals surface area contributed by atoms with Crippen LogP contribution >= 0.6 is 0 Å². The molecule has 2 atom stereocenters. The van der Waals surface area contributed by atoms with E-state index >= 15 is 0 Å². The smallest absolute Gasteiger partial charge is 0.0464 e. The van der Waals surface area contributed by atoms with Crippen LogP contribution in [0.4, 0.5) is 17.1 Å². The molecule has 5 aromatic rings. The van der Waals surface area contributed by atoms with Gasteiger partial charge in [0.1, 0.15) is 0 Å². The molecule has 0 saturated carbocycles. The number of rotatable bonds is 9. The molecule has 0 aliphatic heterocycles. The van der Waals surface area contributed by atoms with E-state index in [1.807, 2.05) is 0 Å². The molecule has 0 amide bonds. The molecule has 0 fully saturated rings. The van der Waals surface area contributed by atoms with Gasteiger partial charge in [-0.3, -0.25) is 0 Å². The molecular formula is C45H47N. The summed E-state index contributed by atoms with van der Waals surface area (Å²) in [5, 5.41) is 0. The predicted molar refractivity (Wildman–Crippen MR) is 199 cm³/mol. The standard InChI is InChI=1S/C45H47N/c1-31-11-7-15-38(25-31)45(39-16-8-12-32(2)26-39)23-20-37-19-22-43(35(5)29-37)44-24-21-42(30-36(44)6)46(40-17-9-13-33(3)27-40)41-18-10-14-34(4)28-41/h7-11,13-19,21-22,24-30,32,45H,12,20,23H2,1-6H3/t32?,45-/m1/s1. The first-order chi connectivity index (χ1) is 22.2. The molecule has 0 radical (unpaired) electrons. The summed E-state index contributed by atoms with van der Waals surface area (Å²) in [6, 6.07) is 40.7. The van der Waals surface area contributed by atoms with E-state index in [2.05, 4.69) is 174 Å². The fourth-order valence-electron chi connectivity index (χ4n) is 7.08. The van der Waals surface area contributed by atoms with Crippen molar-refractivity contribution < 1.29 is 0 Å². The van der Waals surface area contributed by atoms with Gasteiger partial charge in [0, 0.05) is 23.0 Å². The van der Waals surface area contributed by atoms with Crippen LogP contribution in [0.1, 0.15) is 64.6 Å². The van der Waals surface area contributed by atoms with E-state index in [9.17, 15) is 0 Å². The molecule has 0 saturated heterocycles. The molecule has 0 spiro atoms. The highest BCUT2D eigenvalue weighted by Crippen LogP contribution is 2.39. The van der Waals surface area contributed by atoms with E-state index in [0.29, 0.717) is 11.8 Å². The molecule has 1 aliphatic rings. The lowest BCUT2D eigenvalue weighted by atomic mass is 9.81. The summed E-state index contributed by atoms with van der Waals surface area (Å²) in [6.45, 7) is 13.4. The number of hydrogen-bond acceptors (Lipinski definition) is 1. The van der Waals surface area contributed by atoms with Crippen LogP contribution in [-0.2, 0) is 6.42 Å². The molecule has 1 nitrogen and oxygen atoms in total. The van der Waals surface area contributed by atoms with Gasteiger partial charge in [0.05, 0.1) is 0 Å². The van der Waals surface area contributed by atoms with Crippen molar-refractivity contribution >= 4 is 17.1 Å². The van der Waals surface area contributed by atoms with Gasteiger partial charge >= 0.3 is 0 Å². The zero-order valence-corrected chi connectivity index (χ0v) is 28.3. The van der Waals surface area contributed by atoms with Crippen molar-refractivity contribution in [2.24, 2.45) is 5.92 Å². The number of hydrogen-bond donors (Lipinski definition) is 0. The molecule has 0 bridgehead atoms. The Hall–Kier alpha value is -4.62. The van der Waals surface area contributed by atoms with E-state index < -0.39 is 0 Å². The highest BCUT2D eigenvalue weighted by Gasteiger charge is 2.19. The van der Waals surface area contributed by atoms with Gasteiger partial charge in [-0.25, -0.2) is 0 Å². The van der Waals surface area contributed by atoms with Crippen LogP contribution in [0.3, 0.4) is 0 Å². The first kappa shape index (κ1) is 31.4. The summed E-state index contributed by atoms with van der Waals surface area (Å²) in [4.78, 5) is 2.37. The lowest BCUT2D eigenvalue weighted by Crippen LogP contribution is -2.10. The van der Waals surface area contributed by atoms with Crippen LogP contribution in [0.2, 0.25) is 0 Å². The fraction of sp³-hybridized carbons (Fsp3) is 0.244. The third kappa shape index (κ3) is 7.10. The number of allylic oxidation sites excluding steroid dienone is 4. The van der Waals surface area contributed by atoms with Crippen molar-refractivity contribution in [2.75, 3.05) is 4.90 Å². The summed E-state index contributed by atoms with van der Waals surface area (Å²) >= 11 is 0. The second kappa shape index (κ2) is 13.8. The lowest BCUT2D eigenvalue weighted by Gasteiger charge is -2.27. The Bertz CT molecular complexity index is 1860. The first-order valence-electron chi connectivity index (χ1n) is 16.8. The van der Waals surface area contributed by atoms with E-state index in [-0.39, 0.29) is 0 Å². The lowest BCUT2D eigenvalue weighted by molar-refractivity contribution is 0.670. The number of aryl methyl sites for hydroxylation is 6. The molecule has 0 aromatic heterocycles. The molecule has 0 N–H and O–H groups in total.